The van der Waals surface area contributed by atoms with Gasteiger partial charge in [-0.2, -0.15) is 5.10 Å². The molecule has 2 N–H and O–H groups in total. The fourth-order valence-electron chi connectivity index (χ4n) is 3.70. The van der Waals surface area contributed by atoms with Crippen LogP contribution in [-0.4, -0.2) is 44.0 Å². The van der Waals surface area contributed by atoms with Crippen molar-refractivity contribution in [3.63, 3.8) is 0 Å². The molecule has 0 saturated carbocycles. The summed E-state index contributed by atoms with van der Waals surface area (Å²) in [5.74, 6) is 0.100. The van der Waals surface area contributed by atoms with Gasteiger partial charge in [0.05, 0.1) is 10.2 Å². The van der Waals surface area contributed by atoms with Crippen LogP contribution in [-0.2, 0) is 22.6 Å². The molecule has 2 amide bonds. The summed E-state index contributed by atoms with van der Waals surface area (Å²) in [6.07, 6.45) is 1.78. The Morgan fingerprint density at radius 3 is 2.70 bits per heavy atom. The SMILES string of the molecule is CCc1nn(CC(=O)N2CCC(C(N)=O)CC2)c(=O)c2cc3sccc3n12. The number of fused-ring (bicyclic) bond motifs is 3. The summed E-state index contributed by atoms with van der Waals surface area (Å²) in [5, 5.41) is 6.44. The van der Waals surface area contributed by atoms with Crippen LogP contribution in [0, 0.1) is 5.92 Å². The minimum Gasteiger partial charge on any atom is -0.369 e. The fraction of sp³-hybridized carbons (Fsp3) is 0.444. The van der Waals surface area contributed by atoms with E-state index in [4.69, 9.17) is 5.73 Å². The van der Waals surface area contributed by atoms with E-state index in [2.05, 4.69) is 5.10 Å². The number of piperidine rings is 1. The van der Waals surface area contributed by atoms with Gasteiger partial charge < -0.3 is 10.6 Å². The van der Waals surface area contributed by atoms with Gasteiger partial charge in [0.25, 0.3) is 5.56 Å². The normalized spacial score (nSPS) is 15.7. The number of nitrogens with two attached hydrogens (primary N) is 1. The number of amides is 2. The first-order valence-corrected chi connectivity index (χ1v) is 9.93. The Morgan fingerprint density at radius 1 is 1.30 bits per heavy atom. The van der Waals surface area contributed by atoms with Gasteiger partial charge in [0.15, 0.2) is 0 Å². The molecule has 0 aromatic carbocycles. The molecule has 0 unspecified atom stereocenters. The predicted octanol–water partition coefficient (Wildman–Crippen LogP) is 0.997. The van der Waals surface area contributed by atoms with E-state index in [1.807, 2.05) is 28.8 Å². The zero-order chi connectivity index (χ0) is 19.1. The van der Waals surface area contributed by atoms with Crippen molar-refractivity contribution in [3.8, 4) is 0 Å². The number of rotatable bonds is 4. The second kappa shape index (κ2) is 6.80. The van der Waals surface area contributed by atoms with E-state index >= 15 is 0 Å². The van der Waals surface area contributed by atoms with Crippen molar-refractivity contribution in [3.05, 3.63) is 33.7 Å². The highest BCUT2D eigenvalue weighted by molar-refractivity contribution is 7.17. The Balaban J connectivity index is 1.62. The molecule has 1 fully saturated rings. The maximum absolute atomic E-state index is 12.9. The van der Waals surface area contributed by atoms with Crippen LogP contribution in [0.15, 0.2) is 22.3 Å². The molecule has 0 bridgehead atoms. The van der Waals surface area contributed by atoms with Crippen LogP contribution >= 0.6 is 11.3 Å². The first-order chi connectivity index (χ1) is 13.0. The van der Waals surface area contributed by atoms with Crippen LogP contribution in [0.25, 0.3) is 15.7 Å². The number of carbonyl (C=O) groups excluding carboxylic acids is 2. The molecular formula is C18H21N5O3S. The molecule has 0 radical (unpaired) electrons. The minimum atomic E-state index is -0.314. The van der Waals surface area contributed by atoms with Crippen LogP contribution in [0.1, 0.15) is 25.6 Å². The number of primary amides is 1. The Morgan fingerprint density at radius 2 is 2.04 bits per heavy atom. The monoisotopic (exact) mass is 387 g/mol. The number of aryl methyl sites for hydroxylation is 1. The van der Waals surface area contributed by atoms with E-state index in [1.165, 1.54) is 4.68 Å². The smallest absolute Gasteiger partial charge is 0.291 e. The number of thiophene rings is 1. The standard InChI is InChI=1S/C18H21N5O3S/c1-2-15-20-22(10-16(24)21-6-3-11(4-7-21)17(19)25)18(26)13-9-14-12(23(13)15)5-8-27-14/h5,8-9,11H,2-4,6-7,10H2,1H3,(H2,19,25). The molecule has 3 aromatic rings. The van der Waals surface area contributed by atoms with Crippen molar-refractivity contribution in [2.75, 3.05) is 13.1 Å². The van der Waals surface area contributed by atoms with E-state index in [-0.39, 0.29) is 29.8 Å². The molecule has 0 atom stereocenters. The van der Waals surface area contributed by atoms with Gasteiger partial charge in [-0.3, -0.25) is 18.8 Å². The first kappa shape index (κ1) is 17.7. The average molecular weight is 387 g/mol. The molecule has 0 aliphatic carbocycles. The Bertz CT molecular complexity index is 1090. The van der Waals surface area contributed by atoms with Crippen LogP contribution in [0.3, 0.4) is 0 Å². The van der Waals surface area contributed by atoms with Gasteiger partial charge in [-0.25, -0.2) is 4.68 Å². The largest absolute Gasteiger partial charge is 0.369 e. The maximum Gasteiger partial charge on any atom is 0.291 e. The van der Waals surface area contributed by atoms with Gasteiger partial charge in [-0.1, -0.05) is 6.92 Å². The van der Waals surface area contributed by atoms with Crippen LogP contribution in [0.4, 0.5) is 0 Å². The predicted molar refractivity (Wildman–Crippen MR) is 103 cm³/mol. The molecule has 1 saturated heterocycles. The van der Waals surface area contributed by atoms with E-state index in [0.717, 1.165) is 16.0 Å². The number of likely N-dealkylation sites (tertiary alicyclic amines) is 1. The molecule has 4 rings (SSSR count). The van der Waals surface area contributed by atoms with Crippen molar-refractivity contribution in [1.29, 1.82) is 0 Å². The topological polar surface area (TPSA) is 103 Å². The highest BCUT2D eigenvalue weighted by Crippen LogP contribution is 2.24. The lowest BCUT2D eigenvalue weighted by Gasteiger charge is -2.30. The van der Waals surface area contributed by atoms with E-state index in [0.29, 0.717) is 37.9 Å². The van der Waals surface area contributed by atoms with Crippen molar-refractivity contribution in [2.45, 2.75) is 32.7 Å². The number of hydrogen-bond donors (Lipinski definition) is 1. The van der Waals surface area contributed by atoms with Gasteiger partial charge in [0, 0.05) is 25.4 Å². The lowest BCUT2D eigenvalue weighted by molar-refractivity contribution is -0.135. The molecular weight excluding hydrogens is 366 g/mol. The van der Waals surface area contributed by atoms with Crippen molar-refractivity contribution in [2.24, 2.45) is 11.7 Å². The molecule has 8 nitrogen and oxygen atoms in total. The summed E-state index contributed by atoms with van der Waals surface area (Å²) in [6.45, 7) is 2.84. The Labute approximate surface area is 159 Å². The van der Waals surface area contributed by atoms with Gasteiger partial charge in [0.1, 0.15) is 17.9 Å². The van der Waals surface area contributed by atoms with Gasteiger partial charge >= 0.3 is 0 Å². The zero-order valence-electron chi connectivity index (χ0n) is 15.1. The van der Waals surface area contributed by atoms with Crippen LogP contribution in [0.2, 0.25) is 0 Å². The third kappa shape index (κ3) is 3.01. The molecule has 9 heteroatoms. The molecule has 142 valence electrons. The first-order valence-electron chi connectivity index (χ1n) is 9.05. The number of carbonyl (C=O) groups is 2. The maximum atomic E-state index is 12.9. The number of hydrogen-bond acceptors (Lipinski definition) is 5. The molecule has 27 heavy (non-hydrogen) atoms. The molecule has 1 aliphatic rings. The fourth-order valence-corrected chi connectivity index (χ4v) is 4.50. The van der Waals surface area contributed by atoms with Gasteiger partial charge in [-0.15, -0.1) is 11.3 Å². The van der Waals surface area contributed by atoms with Crippen LogP contribution < -0.4 is 11.3 Å². The Kier molecular flexibility index (Phi) is 4.47. The third-order valence-electron chi connectivity index (χ3n) is 5.22. The summed E-state index contributed by atoms with van der Waals surface area (Å²) in [6, 6.07) is 3.84. The molecule has 1 aliphatic heterocycles. The third-order valence-corrected chi connectivity index (χ3v) is 6.08. The highest BCUT2D eigenvalue weighted by Gasteiger charge is 2.26. The van der Waals surface area contributed by atoms with Crippen molar-refractivity contribution in [1.82, 2.24) is 19.1 Å². The van der Waals surface area contributed by atoms with E-state index in [9.17, 15) is 14.4 Å². The highest BCUT2D eigenvalue weighted by atomic mass is 32.1. The summed E-state index contributed by atoms with van der Waals surface area (Å²) >= 11 is 1.58. The second-order valence-corrected chi connectivity index (χ2v) is 7.77. The van der Waals surface area contributed by atoms with E-state index < -0.39 is 0 Å². The lowest BCUT2D eigenvalue weighted by Crippen LogP contribution is -2.44. The van der Waals surface area contributed by atoms with Crippen LogP contribution in [0.5, 0.6) is 0 Å². The molecule has 3 aromatic heterocycles. The van der Waals surface area contributed by atoms with E-state index in [1.54, 1.807) is 16.2 Å². The molecule has 4 heterocycles. The van der Waals surface area contributed by atoms with Gasteiger partial charge in [-0.05, 0) is 30.4 Å². The van der Waals surface area contributed by atoms with Gasteiger partial charge in [0.2, 0.25) is 11.8 Å². The minimum absolute atomic E-state index is 0.0948. The molecule has 0 spiro atoms. The summed E-state index contributed by atoms with van der Waals surface area (Å²) in [5.41, 5.74) is 6.59. The average Bonchev–Trinajstić information content (AvgIpc) is 3.25. The number of aromatic nitrogens is 3. The lowest BCUT2D eigenvalue weighted by atomic mass is 9.96. The van der Waals surface area contributed by atoms with Crippen molar-refractivity contribution < 1.29 is 9.59 Å². The Hall–Kier alpha value is -2.68. The summed E-state index contributed by atoms with van der Waals surface area (Å²) in [7, 11) is 0. The zero-order valence-corrected chi connectivity index (χ0v) is 15.9. The summed E-state index contributed by atoms with van der Waals surface area (Å²) < 4.78 is 4.18. The van der Waals surface area contributed by atoms with Crippen molar-refractivity contribution >= 4 is 38.9 Å². The summed E-state index contributed by atoms with van der Waals surface area (Å²) in [4.78, 5) is 38.5. The quantitative estimate of drug-likeness (QED) is 0.721. The number of nitrogens with zero attached hydrogens (tertiary/aromatic N) is 4. The second-order valence-electron chi connectivity index (χ2n) is 6.83.